The van der Waals surface area contributed by atoms with Gasteiger partial charge in [0, 0.05) is 26.0 Å². The summed E-state index contributed by atoms with van der Waals surface area (Å²) in [4.78, 5) is 33.0. The first-order valence-electron chi connectivity index (χ1n) is 5.82. The van der Waals surface area contributed by atoms with Crippen molar-refractivity contribution in [2.45, 2.75) is 25.4 Å². The molecular weight excluding hydrogens is 236 g/mol. The Labute approximate surface area is 104 Å². The predicted molar refractivity (Wildman–Crippen MR) is 62.8 cm³/mol. The summed E-state index contributed by atoms with van der Waals surface area (Å²) in [5.74, 6) is -0.260. The highest BCUT2D eigenvalue weighted by molar-refractivity contribution is 5.83. The highest BCUT2D eigenvalue weighted by atomic mass is 16.4. The third-order valence-electron chi connectivity index (χ3n) is 3.05. The third kappa shape index (κ3) is 2.44. The van der Waals surface area contributed by atoms with E-state index in [0.717, 1.165) is 6.42 Å². The number of carbonyl (C=O) groups is 2. The number of amides is 2. The standard InChI is InChI=1S/C11H16N4O3/c1-14(7-9-12-4-5-13-9)11(18)15-6-2-3-8(15)10(16)17/h4-5,8H,2-3,6-7H2,1H3,(H,12,13)(H,16,17)/t8-/m1/s1. The minimum Gasteiger partial charge on any atom is -0.480 e. The van der Waals surface area contributed by atoms with Crippen LogP contribution in [0.25, 0.3) is 0 Å². The Balaban J connectivity index is 1.99. The molecule has 0 aliphatic carbocycles. The number of carboxylic acid groups (broad SMARTS) is 1. The van der Waals surface area contributed by atoms with Gasteiger partial charge in [-0.05, 0) is 12.8 Å². The van der Waals surface area contributed by atoms with Crippen molar-refractivity contribution in [1.82, 2.24) is 19.8 Å². The molecule has 0 radical (unpaired) electrons. The van der Waals surface area contributed by atoms with E-state index in [1.54, 1.807) is 19.4 Å². The molecule has 1 aromatic rings. The number of nitrogens with one attached hydrogen (secondary N) is 1. The lowest BCUT2D eigenvalue weighted by molar-refractivity contribution is -0.141. The summed E-state index contributed by atoms with van der Waals surface area (Å²) < 4.78 is 0. The van der Waals surface area contributed by atoms with E-state index < -0.39 is 12.0 Å². The number of aromatic amines is 1. The Hall–Kier alpha value is -2.05. The van der Waals surface area contributed by atoms with Crippen LogP contribution in [0.3, 0.4) is 0 Å². The number of aliphatic carboxylic acids is 1. The van der Waals surface area contributed by atoms with Crippen LogP contribution in [-0.2, 0) is 11.3 Å². The average Bonchev–Trinajstić information content (AvgIpc) is 2.97. The van der Waals surface area contributed by atoms with Gasteiger partial charge in [-0.3, -0.25) is 0 Å². The number of carboxylic acids is 1. The molecule has 0 unspecified atom stereocenters. The number of hydrogen-bond acceptors (Lipinski definition) is 3. The lowest BCUT2D eigenvalue weighted by Gasteiger charge is -2.27. The Kier molecular flexibility index (Phi) is 3.50. The van der Waals surface area contributed by atoms with Crippen LogP contribution in [0.4, 0.5) is 4.79 Å². The molecule has 2 amide bonds. The molecule has 1 fully saturated rings. The highest BCUT2D eigenvalue weighted by Crippen LogP contribution is 2.19. The van der Waals surface area contributed by atoms with Gasteiger partial charge < -0.3 is 19.9 Å². The quantitative estimate of drug-likeness (QED) is 0.820. The molecule has 1 atom stereocenters. The van der Waals surface area contributed by atoms with E-state index in [0.29, 0.717) is 25.3 Å². The Morgan fingerprint density at radius 1 is 1.67 bits per heavy atom. The van der Waals surface area contributed by atoms with Gasteiger partial charge in [0.25, 0.3) is 0 Å². The molecule has 0 spiro atoms. The number of H-pyrrole nitrogens is 1. The fraction of sp³-hybridized carbons (Fsp3) is 0.545. The Morgan fingerprint density at radius 3 is 3.06 bits per heavy atom. The molecule has 0 aromatic carbocycles. The van der Waals surface area contributed by atoms with Gasteiger partial charge in [0.15, 0.2) is 0 Å². The first-order chi connectivity index (χ1) is 8.59. The predicted octanol–water partition coefficient (Wildman–Crippen LogP) is 0.510. The van der Waals surface area contributed by atoms with Crippen LogP contribution < -0.4 is 0 Å². The number of aromatic nitrogens is 2. The van der Waals surface area contributed by atoms with Crippen LogP contribution in [0.2, 0.25) is 0 Å². The van der Waals surface area contributed by atoms with E-state index >= 15 is 0 Å². The van der Waals surface area contributed by atoms with Crippen molar-refractivity contribution in [3.05, 3.63) is 18.2 Å². The summed E-state index contributed by atoms with van der Waals surface area (Å²) in [7, 11) is 1.64. The molecule has 2 rings (SSSR count). The topological polar surface area (TPSA) is 89.5 Å². The second-order valence-corrected chi connectivity index (χ2v) is 4.36. The lowest BCUT2D eigenvalue weighted by atomic mass is 10.2. The lowest BCUT2D eigenvalue weighted by Crippen LogP contribution is -2.46. The SMILES string of the molecule is CN(Cc1ncc[nH]1)C(=O)N1CCC[C@@H]1C(=O)O. The van der Waals surface area contributed by atoms with Gasteiger partial charge in [-0.1, -0.05) is 0 Å². The van der Waals surface area contributed by atoms with Gasteiger partial charge in [-0.25, -0.2) is 14.6 Å². The van der Waals surface area contributed by atoms with E-state index in [9.17, 15) is 9.59 Å². The Morgan fingerprint density at radius 2 is 2.44 bits per heavy atom. The second-order valence-electron chi connectivity index (χ2n) is 4.36. The van der Waals surface area contributed by atoms with Crippen LogP contribution in [-0.4, -0.2) is 56.5 Å². The third-order valence-corrected chi connectivity index (χ3v) is 3.05. The van der Waals surface area contributed by atoms with Gasteiger partial charge in [-0.15, -0.1) is 0 Å². The van der Waals surface area contributed by atoms with Crippen LogP contribution in [0.5, 0.6) is 0 Å². The summed E-state index contributed by atoms with van der Waals surface area (Å²) in [5.41, 5.74) is 0. The number of nitrogens with zero attached hydrogens (tertiary/aromatic N) is 3. The van der Waals surface area contributed by atoms with Gasteiger partial charge in [0.05, 0.1) is 6.54 Å². The summed E-state index contributed by atoms with van der Waals surface area (Å²) in [6, 6.07) is -0.965. The molecule has 7 heteroatoms. The molecule has 1 saturated heterocycles. The van der Waals surface area contributed by atoms with E-state index in [4.69, 9.17) is 5.11 Å². The number of imidazole rings is 1. The fourth-order valence-electron chi connectivity index (χ4n) is 2.15. The minimum absolute atomic E-state index is 0.267. The van der Waals surface area contributed by atoms with E-state index in [1.165, 1.54) is 9.80 Å². The van der Waals surface area contributed by atoms with Crippen molar-refractivity contribution in [1.29, 1.82) is 0 Å². The van der Waals surface area contributed by atoms with Crippen molar-refractivity contribution in [3.8, 4) is 0 Å². The monoisotopic (exact) mass is 252 g/mol. The van der Waals surface area contributed by atoms with Crippen LogP contribution >= 0.6 is 0 Å². The zero-order valence-corrected chi connectivity index (χ0v) is 10.2. The molecule has 18 heavy (non-hydrogen) atoms. The van der Waals surface area contributed by atoms with Gasteiger partial charge >= 0.3 is 12.0 Å². The minimum atomic E-state index is -0.938. The maximum absolute atomic E-state index is 12.1. The van der Waals surface area contributed by atoms with Crippen molar-refractivity contribution in [2.75, 3.05) is 13.6 Å². The summed E-state index contributed by atoms with van der Waals surface area (Å²) in [5, 5.41) is 9.04. The van der Waals surface area contributed by atoms with Crippen LogP contribution in [0.15, 0.2) is 12.4 Å². The van der Waals surface area contributed by atoms with E-state index in [2.05, 4.69) is 9.97 Å². The summed E-state index contributed by atoms with van der Waals surface area (Å²) >= 11 is 0. The molecule has 7 nitrogen and oxygen atoms in total. The molecule has 2 heterocycles. The number of hydrogen-bond donors (Lipinski definition) is 2. The second kappa shape index (κ2) is 5.07. The van der Waals surface area contributed by atoms with Gasteiger partial charge in [-0.2, -0.15) is 0 Å². The normalized spacial score (nSPS) is 18.9. The van der Waals surface area contributed by atoms with E-state index in [1.807, 2.05) is 0 Å². The number of rotatable bonds is 3. The number of urea groups is 1. The van der Waals surface area contributed by atoms with Crippen molar-refractivity contribution in [3.63, 3.8) is 0 Å². The van der Waals surface area contributed by atoms with Crippen LogP contribution in [0, 0.1) is 0 Å². The molecular formula is C11H16N4O3. The molecule has 0 bridgehead atoms. The number of likely N-dealkylation sites (tertiary alicyclic amines) is 1. The summed E-state index contributed by atoms with van der Waals surface area (Å²) in [6.45, 7) is 0.840. The first kappa shape index (κ1) is 12.4. The summed E-state index contributed by atoms with van der Waals surface area (Å²) in [6.07, 6.45) is 4.56. The molecule has 1 aromatic heterocycles. The van der Waals surface area contributed by atoms with Gasteiger partial charge in [0.2, 0.25) is 0 Å². The Bertz CT molecular complexity index is 432. The molecule has 2 N–H and O–H groups in total. The molecule has 1 aliphatic heterocycles. The smallest absolute Gasteiger partial charge is 0.326 e. The largest absolute Gasteiger partial charge is 0.480 e. The van der Waals surface area contributed by atoms with Crippen molar-refractivity contribution in [2.24, 2.45) is 0 Å². The maximum Gasteiger partial charge on any atom is 0.326 e. The van der Waals surface area contributed by atoms with Crippen LogP contribution in [0.1, 0.15) is 18.7 Å². The van der Waals surface area contributed by atoms with Gasteiger partial charge in [0.1, 0.15) is 11.9 Å². The average molecular weight is 252 g/mol. The van der Waals surface area contributed by atoms with Crippen molar-refractivity contribution >= 4 is 12.0 Å². The zero-order chi connectivity index (χ0) is 13.1. The zero-order valence-electron chi connectivity index (χ0n) is 10.2. The van der Waals surface area contributed by atoms with E-state index in [-0.39, 0.29) is 6.03 Å². The number of carbonyl (C=O) groups excluding carboxylic acids is 1. The fourth-order valence-corrected chi connectivity index (χ4v) is 2.15. The highest BCUT2D eigenvalue weighted by Gasteiger charge is 2.35. The molecule has 1 aliphatic rings. The molecule has 98 valence electrons. The molecule has 0 saturated carbocycles. The van der Waals surface area contributed by atoms with Crippen molar-refractivity contribution < 1.29 is 14.7 Å². The first-order valence-corrected chi connectivity index (χ1v) is 5.82. The maximum atomic E-state index is 12.1.